The Morgan fingerprint density at radius 2 is 0.975 bits per heavy atom. The Labute approximate surface area is 456 Å². The van der Waals surface area contributed by atoms with E-state index in [0.29, 0.717) is 56.9 Å². The molecule has 0 aromatic rings. The molecule has 0 amide bonds. The Hall–Kier alpha value is -1.79. The summed E-state index contributed by atoms with van der Waals surface area (Å²) in [6, 6.07) is 0. The van der Waals surface area contributed by atoms with Gasteiger partial charge in [-0.2, -0.15) is 0 Å². The number of rotatable bonds is 15. The molecule has 4 saturated carbocycles. The lowest BCUT2D eigenvalue weighted by Gasteiger charge is -2.62. The number of hydrogen-bond acceptors (Lipinski definition) is 27. The van der Waals surface area contributed by atoms with Crippen LogP contribution in [0.25, 0.3) is 0 Å². The van der Waals surface area contributed by atoms with Crippen LogP contribution in [-0.4, -0.2) is 279 Å². The van der Waals surface area contributed by atoms with Crippen LogP contribution in [0.15, 0.2) is 12.2 Å². The fourth-order valence-electron chi connectivity index (χ4n) is 14.7. The van der Waals surface area contributed by atoms with Gasteiger partial charge in [0.25, 0.3) is 0 Å². The van der Waals surface area contributed by atoms with Crippen molar-refractivity contribution in [1.82, 2.24) is 0 Å². The Morgan fingerprint density at radius 3 is 1.53 bits per heavy atom. The minimum atomic E-state index is -2.02. The molecule has 17 N–H and O–H groups in total. The van der Waals surface area contributed by atoms with Crippen LogP contribution in [-0.2, 0) is 47.4 Å². The number of fused-ring (bicyclic) bond motifs is 3. The second-order valence-electron chi connectivity index (χ2n) is 24.5. The number of carbonyl (C=O) groups excluding carboxylic acids is 1. The summed E-state index contributed by atoms with van der Waals surface area (Å²) in [6.07, 6.45) is -37.7. The zero-order valence-electron chi connectivity index (χ0n) is 44.9. The molecule has 79 heavy (non-hydrogen) atoms. The van der Waals surface area contributed by atoms with Crippen molar-refractivity contribution in [2.75, 3.05) is 33.0 Å². The molecule has 0 aromatic carbocycles. The van der Waals surface area contributed by atoms with Gasteiger partial charge in [-0.25, -0.2) is 0 Å². The molecule has 0 spiro atoms. The van der Waals surface area contributed by atoms with Crippen LogP contribution < -0.4 is 0 Å². The predicted octanol–water partition coefficient (Wildman–Crippen LogP) is -5.99. The highest BCUT2D eigenvalue weighted by Gasteiger charge is 2.65. The summed E-state index contributed by atoms with van der Waals surface area (Å²) < 4.78 is 54.4. The molecule has 4 aliphatic carbocycles. The van der Waals surface area contributed by atoms with Gasteiger partial charge in [0, 0.05) is 12.5 Å². The maximum Gasteiger partial charge on any atom is 0.314 e. The van der Waals surface area contributed by atoms with E-state index in [1.807, 2.05) is 6.92 Å². The first-order valence-electron chi connectivity index (χ1n) is 27.5. The second-order valence-corrected chi connectivity index (χ2v) is 24.5. The van der Waals surface area contributed by atoms with Gasteiger partial charge in [0.15, 0.2) is 25.0 Å². The highest BCUT2D eigenvalue weighted by molar-refractivity contribution is 5.77. The lowest BCUT2D eigenvalue weighted by molar-refractivity contribution is -0.391. The Morgan fingerprint density at radius 1 is 0.506 bits per heavy atom. The summed E-state index contributed by atoms with van der Waals surface area (Å²) in [5.74, 6) is -2.14. The van der Waals surface area contributed by atoms with E-state index in [1.165, 1.54) is 0 Å². The Balaban J connectivity index is 1.02. The molecule has 27 heteroatoms. The van der Waals surface area contributed by atoms with E-state index in [4.69, 9.17) is 42.6 Å². The maximum atomic E-state index is 15.1. The number of ether oxygens (including phenoxy) is 9. The number of aliphatic hydroxyl groups is 17. The van der Waals surface area contributed by atoms with Crippen LogP contribution in [0.2, 0.25) is 0 Å². The fraction of sp³-hybridized carbons (Fsp3) is 0.942. The van der Waals surface area contributed by atoms with Crippen LogP contribution >= 0.6 is 0 Å². The summed E-state index contributed by atoms with van der Waals surface area (Å²) in [5, 5.41) is 181. The molecule has 4 saturated heterocycles. The highest BCUT2D eigenvalue weighted by Crippen LogP contribution is 2.68. The van der Waals surface area contributed by atoms with Crippen LogP contribution in [0.1, 0.15) is 85.5 Å². The van der Waals surface area contributed by atoms with Crippen molar-refractivity contribution < 1.29 is 134 Å². The summed E-state index contributed by atoms with van der Waals surface area (Å²) in [5.41, 5.74) is -2.80. The molecule has 0 aromatic heterocycles. The van der Waals surface area contributed by atoms with Crippen LogP contribution in [0.4, 0.5) is 0 Å². The predicted molar refractivity (Wildman–Crippen MR) is 262 cm³/mol. The van der Waals surface area contributed by atoms with Gasteiger partial charge in [-0.1, -0.05) is 26.8 Å². The topological polar surface area (TPSA) is 444 Å². The molecule has 26 unspecified atom stereocenters. The SMILES string of the molecule is C=C1C[C@@]2(C)CCC3[C@](C)(C(=O)OC4OC(CO)C(O)C(O)C4OC4OC(CO)C(O)C(O)C4OC4OC(CO)C(O)C(O)C4O)CCC[C@@]3(C)[C@@H]2CC[C@@]1(C)OC1OC(CO)C(O)C(O)C1OC1CC(CO)C(O)C(O)C1O. The van der Waals surface area contributed by atoms with Crippen LogP contribution in [0.3, 0.4) is 0 Å². The third-order valence-corrected chi connectivity index (χ3v) is 19.5. The van der Waals surface area contributed by atoms with Crippen molar-refractivity contribution in [3.63, 3.8) is 0 Å². The zero-order chi connectivity index (χ0) is 58.0. The molecule has 31 atom stereocenters. The molecule has 0 radical (unpaired) electrons. The number of carbonyl (C=O) groups is 1. The molecule has 4 heterocycles. The minimum Gasteiger partial charge on any atom is -0.432 e. The molecule has 8 fully saturated rings. The largest absolute Gasteiger partial charge is 0.432 e. The number of esters is 1. The van der Waals surface area contributed by atoms with Gasteiger partial charge in [-0.3, -0.25) is 4.79 Å². The number of hydrogen-bond donors (Lipinski definition) is 17. The van der Waals surface area contributed by atoms with E-state index in [1.54, 1.807) is 6.92 Å². The molecule has 0 bridgehead atoms. The van der Waals surface area contributed by atoms with E-state index in [2.05, 4.69) is 20.4 Å². The lowest BCUT2D eigenvalue weighted by Crippen LogP contribution is -2.67. The average molecular weight is 1140 g/mol. The standard InChI is InChI=1S/C52H86O27/c1-20-14-49(2)11-7-28-50(3,27(49)8-12-52(20,5)79-47-43(39(68)34(63)26(19-57)75-47)71-22-13-21(15-53)29(58)35(64)30(22)59)9-6-10-51(28,4)48(70)78-46-42(38(67)33(62)25(18-56)74-46)77-45-41(37(66)32(61)24(17-55)73-45)76-44-40(69)36(65)31(60)23(16-54)72-44/h21-47,53-69H,1,6-19H2,2-5H3/t21?,22?,23?,24?,25?,26?,27-,28?,29?,30?,31?,32?,33?,34?,35?,36?,37?,38?,39?,40?,41?,42?,43?,44?,45?,46?,47?,49-,50+,51-,52-/m1/s1. The summed E-state index contributed by atoms with van der Waals surface area (Å²) in [4.78, 5) is 15.1. The van der Waals surface area contributed by atoms with Gasteiger partial charge in [-0.15, -0.1) is 0 Å². The summed E-state index contributed by atoms with van der Waals surface area (Å²) in [6.45, 7) is 8.52. The molecule has 8 aliphatic rings. The van der Waals surface area contributed by atoms with E-state index >= 15 is 4.79 Å². The number of aliphatic hydroxyl groups excluding tert-OH is 17. The van der Waals surface area contributed by atoms with Gasteiger partial charge < -0.3 is 129 Å². The first-order chi connectivity index (χ1) is 37.2. The Bertz CT molecular complexity index is 2060. The van der Waals surface area contributed by atoms with E-state index in [0.717, 1.165) is 0 Å². The lowest BCUT2D eigenvalue weighted by atomic mass is 9.42. The van der Waals surface area contributed by atoms with Crippen LogP contribution in [0.5, 0.6) is 0 Å². The summed E-state index contributed by atoms with van der Waals surface area (Å²) >= 11 is 0. The van der Waals surface area contributed by atoms with E-state index in [9.17, 15) is 86.8 Å². The van der Waals surface area contributed by atoms with E-state index in [-0.39, 0.29) is 18.3 Å². The average Bonchev–Trinajstić information content (AvgIpc) is 3.63. The first kappa shape index (κ1) is 63.2. The molecule has 27 nitrogen and oxygen atoms in total. The van der Waals surface area contributed by atoms with Gasteiger partial charge in [0.05, 0.1) is 49.7 Å². The van der Waals surface area contributed by atoms with Gasteiger partial charge in [0.1, 0.15) is 104 Å². The van der Waals surface area contributed by atoms with Crippen molar-refractivity contribution >= 4 is 5.97 Å². The second kappa shape index (κ2) is 24.7. The van der Waals surface area contributed by atoms with Crippen molar-refractivity contribution in [1.29, 1.82) is 0 Å². The van der Waals surface area contributed by atoms with Crippen molar-refractivity contribution in [2.45, 2.75) is 238 Å². The molecule has 456 valence electrons. The monoisotopic (exact) mass is 1140 g/mol. The van der Waals surface area contributed by atoms with Gasteiger partial charge in [0.2, 0.25) is 6.29 Å². The van der Waals surface area contributed by atoms with Gasteiger partial charge in [-0.05, 0) is 93.5 Å². The van der Waals surface area contributed by atoms with Crippen LogP contribution in [0, 0.1) is 34.0 Å². The van der Waals surface area contributed by atoms with Crippen molar-refractivity contribution in [2.24, 2.45) is 34.0 Å². The molecule has 8 rings (SSSR count). The van der Waals surface area contributed by atoms with Crippen molar-refractivity contribution in [3.8, 4) is 0 Å². The fourth-order valence-corrected chi connectivity index (χ4v) is 14.7. The summed E-state index contributed by atoms with van der Waals surface area (Å²) in [7, 11) is 0. The third-order valence-electron chi connectivity index (χ3n) is 19.5. The third kappa shape index (κ3) is 11.6. The van der Waals surface area contributed by atoms with E-state index < -0.39 is 214 Å². The normalized spacial score (nSPS) is 53.6. The smallest absolute Gasteiger partial charge is 0.314 e. The van der Waals surface area contributed by atoms with Crippen molar-refractivity contribution in [3.05, 3.63) is 12.2 Å². The van der Waals surface area contributed by atoms with Gasteiger partial charge >= 0.3 is 5.97 Å². The molecular weight excluding hydrogens is 1060 g/mol. The first-order valence-corrected chi connectivity index (χ1v) is 27.5. The highest BCUT2D eigenvalue weighted by atomic mass is 16.8. The molecular formula is C52H86O27. The zero-order valence-corrected chi connectivity index (χ0v) is 44.9. The minimum absolute atomic E-state index is 0.103. The molecule has 4 aliphatic heterocycles. The quantitative estimate of drug-likeness (QED) is 0.0536. The maximum absolute atomic E-state index is 15.1. The Kier molecular flexibility index (Phi) is 19.7.